The fourth-order valence-corrected chi connectivity index (χ4v) is 7.04. The van der Waals surface area contributed by atoms with E-state index in [0.29, 0.717) is 51.1 Å². The first-order valence-corrected chi connectivity index (χ1v) is 15.1. The number of carbonyl (C=O) groups excluding carboxylic acids is 1. The number of rotatable bonds is 9. The maximum absolute atomic E-state index is 12.2. The number of halogens is 2. The van der Waals surface area contributed by atoms with E-state index in [4.69, 9.17) is 51.4 Å². The highest BCUT2D eigenvalue weighted by atomic mass is 35.5. The fraction of sp³-hybridized carbons (Fsp3) is 0.419. The van der Waals surface area contributed by atoms with Gasteiger partial charge in [0.1, 0.15) is 22.8 Å². The van der Waals surface area contributed by atoms with Crippen LogP contribution in [0.1, 0.15) is 66.1 Å². The molecule has 4 aromatic rings. The van der Waals surface area contributed by atoms with Gasteiger partial charge in [-0.3, -0.25) is 0 Å². The molecule has 0 radical (unpaired) electrons. The zero-order valence-corrected chi connectivity index (χ0v) is 25.2. The van der Waals surface area contributed by atoms with Gasteiger partial charge in [0.05, 0.1) is 42.5 Å². The minimum absolute atomic E-state index is 0.0495. The molecule has 4 heterocycles. The quantitative estimate of drug-likeness (QED) is 0.179. The van der Waals surface area contributed by atoms with Crippen LogP contribution in [0.25, 0.3) is 22.7 Å². The fourth-order valence-electron chi connectivity index (χ4n) is 6.47. The molecule has 1 aliphatic carbocycles. The van der Waals surface area contributed by atoms with Crippen molar-refractivity contribution in [1.82, 2.24) is 15.3 Å². The lowest BCUT2D eigenvalue weighted by Gasteiger charge is -2.37. The van der Waals surface area contributed by atoms with Crippen LogP contribution >= 0.6 is 23.2 Å². The molecule has 12 heteroatoms. The van der Waals surface area contributed by atoms with Crippen molar-refractivity contribution < 1.29 is 28.1 Å². The van der Waals surface area contributed by atoms with Crippen LogP contribution in [0.15, 0.2) is 45.4 Å². The largest absolute Gasteiger partial charge is 0.495 e. The number of hydrogen-bond acceptors (Lipinski definition) is 10. The number of piperidine rings is 1. The Balaban J connectivity index is 1.08. The maximum Gasteiger partial charge on any atom is 0.341 e. The third kappa shape index (κ3) is 5.15. The van der Waals surface area contributed by atoms with E-state index in [1.165, 1.54) is 14.2 Å². The molecule has 0 amide bonds. The summed E-state index contributed by atoms with van der Waals surface area (Å²) in [6.45, 7) is 0.374. The minimum Gasteiger partial charge on any atom is -0.495 e. The van der Waals surface area contributed by atoms with Crippen molar-refractivity contribution in [3.8, 4) is 28.5 Å². The van der Waals surface area contributed by atoms with Gasteiger partial charge in [0.25, 0.3) is 11.8 Å². The van der Waals surface area contributed by atoms with E-state index in [9.17, 15) is 4.79 Å². The van der Waals surface area contributed by atoms with Gasteiger partial charge in [0.15, 0.2) is 0 Å². The normalized spacial score (nSPS) is 21.3. The van der Waals surface area contributed by atoms with Gasteiger partial charge in [0.2, 0.25) is 0 Å². The van der Waals surface area contributed by atoms with Crippen molar-refractivity contribution in [2.75, 3.05) is 19.1 Å². The number of carbonyl (C=O) groups is 1. The Labute approximate surface area is 258 Å². The smallest absolute Gasteiger partial charge is 0.341 e. The Morgan fingerprint density at radius 1 is 0.977 bits per heavy atom. The summed E-state index contributed by atoms with van der Waals surface area (Å²) in [7, 11) is 2.82. The van der Waals surface area contributed by atoms with Gasteiger partial charge in [0, 0.05) is 29.1 Å². The molecule has 2 unspecified atom stereocenters. The zero-order chi connectivity index (χ0) is 29.7. The van der Waals surface area contributed by atoms with Crippen molar-refractivity contribution in [2.24, 2.45) is 0 Å². The highest BCUT2D eigenvalue weighted by Crippen LogP contribution is 2.47. The maximum atomic E-state index is 12.2. The number of benzene rings is 2. The average Bonchev–Trinajstić information content (AvgIpc) is 3.49. The van der Waals surface area contributed by atoms with Gasteiger partial charge in [-0.05, 0) is 67.9 Å². The molecule has 0 spiro atoms. The predicted octanol–water partition coefficient (Wildman–Crippen LogP) is 7.09. The summed E-state index contributed by atoms with van der Waals surface area (Å²) >= 11 is 13.1. The molecule has 224 valence electrons. The van der Waals surface area contributed by atoms with E-state index in [2.05, 4.69) is 15.2 Å². The van der Waals surface area contributed by atoms with E-state index in [1.807, 2.05) is 18.2 Å². The third-order valence-corrected chi connectivity index (χ3v) is 9.25. The number of hydrogen-bond donors (Lipinski definition) is 0. The first kappa shape index (κ1) is 28.2. The van der Waals surface area contributed by atoms with Crippen molar-refractivity contribution >= 4 is 35.1 Å². The van der Waals surface area contributed by atoms with E-state index >= 15 is 0 Å². The number of para-hydroxylation sites is 1. The molecule has 7 rings (SSSR count). The summed E-state index contributed by atoms with van der Waals surface area (Å²) in [5.74, 6) is 1.86. The second-order valence-electron chi connectivity index (χ2n) is 11.2. The second kappa shape index (κ2) is 11.5. The Kier molecular flexibility index (Phi) is 7.53. The van der Waals surface area contributed by atoms with Crippen LogP contribution in [-0.2, 0) is 16.1 Å². The lowest BCUT2D eigenvalue weighted by molar-refractivity contribution is 0.0144. The first-order chi connectivity index (χ1) is 21.0. The monoisotopic (exact) mass is 624 g/mol. The Morgan fingerprint density at radius 3 is 2.37 bits per heavy atom. The number of fused-ring (bicyclic) bond motifs is 2. The predicted molar refractivity (Wildman–Crippen MR) is 159 cm³/mol. The molecular weight excluding hydrogens is 595 g/mol. The second-order valence-corrected chi connectivity index (χ2v) is 12.0. The third-order valence-electron chi connectivity index (χ3n) is 8.62. The van der Waals surface area contributed by atoms with E-state index in [0.717, 1.165) is 49.8 Å². The highest BCUT2D eigenvalue weighted by molar-refractivity contribution is 6.39. The van der Waals surface area contributed by atoms with Crippen LogP contribution in [0.3, 0.4) is 0 Å². The van der Waals surface area contributed by atoms with E-state index in [-0.39, 0.29) is 29.6 Å². The number of nitrogens with zero attached hydrogens (tertiary/aromatic N) is 4. The van der Waals surface area contributed by atoms with Gasteiger partial charge in [-0.1, -0.05) is 40.5 Å². The van der Waals surface area contributed by atoms with Crippen molar-refractivity contribution in [3.63, 3.8) is 0 Å². The van der Waals surface area contributed by atoms with E-state index < -0.39 is 5.97 Å². The van der Waals surface area contributed by atoms with Gasteiger partial charge in [-0.15, -0.1) is 0 Å². The summed E-state index contributed by atoms with van der Waals surface area (Å²) < 4.78 is 28.5. The molecule has 2 atom stereocenters. The molecule has 2 aromatic heterocycles. The van der Waals surface area contributed by atoms with Gasteiger partial charge >= 0.3 is 5.97 Å². The van der Waals surface area contributed by atoms with Gasteiger partial charge in [-0.2, -0.15) is 4.98 Å². The summed E-state index contributed by atoms with van der Waals surface area (Å²) in [5, 5.41) is 9.78. The number of esters is 1. The standard InChI is InChI=1S/C31H30Cl2N4O6/c1-39-28-20(5-3-6-21(28)30(38)40-2)29-34-31(36-43-29)37-17-11-12-18(37)14-19(13-17)41-15-22-26(35-42-27(22)16-9-10-16)25-23(32)7-4-8-24(25)33/h3-8,16-19H,9-15H2,1-2H3. The molecule has 2 bridgehead atoms. The van der Waals surface area contributed by atoms with Gasteiger partial charge in [-0.25, -0.2) is 4.79 Å². The van der Waals surface area contributed by atoms with Crippen LogP contribution in [0.4, 0.5) is 5.95 Å². The first-order valence-electron chi connectivity index (χ1n) is 14.4. The summed E-state index contributed by atoms with van der Waals surface area (Å²) in [6.07, 6.45) is 5.88. The molecule has 2 aliphatic heterocycles. The Morgan fingerprint density at radius 2 is 1.70 bits per heavy atom. The Bertz CT molecular complexity index is 1630. The molecule has 2 saturated heterocycles. The molecule has 3 aliphatic rings. The molecule has 43 heavy (non-hydrogen) atoms. The molecule has 1 saturated carbocycles. The van der Waals surface area contributed by atoms with Crippen LogP contribution in [0, 0.1) is 0 Å². The molecule has 10 nitrogen and oxygen atoms in total. The molecule has 2 aromatic carbocycles. The van der Waals surface area contributed by atoms with Crippen LogP contribution in [0.5, 0.6) is 5.75 Å². The molecular formula is C31H30Cl2N4O6. The lowest BCUT2D eigenvalue weighted by atomic mass is 9.99. The molecule has 3 fully saturated rings. The van der Waals surface area contributed by atoms with Crippen LogP contribution in [-0.4, -0.2) is 53.7 Å². The SMILES string of the molecule is COC(=O)c1cccc(-c2nc(N3C4CCC3CC(OCc3c(-c5c(Cl)cccc5Cl)noc3C3CC3)C4)no2)c1OC. The number of aromatic nitrogens is 3. The zero-order valence-electron chi connectivity index (χ0n) is 23.7. The van der Waals surface area contributed by atoms with Crippen LogP contribution in [0.2, 0.25) is 10.0 Å². The van der Waals surface area contributed by atoms with Crippen molar-refractivity contribution in [1.29, 1.82) is 0 Å². The molecule has 0 N–H and O–H groups in total. The van der Waals surface area contributed by atoms with Crippen LogP contribution < -0.4 is 9.64 Å². The average molecular weight is 626 g/mol. The lowest BCUT2D eigenvalue weighted by Crippen LogP contribution is -2.46. The van der Waals surface area contributed by atoms with Crippen molar-refractivity contribution in [2.45, 2.75) is 69.2 Å². The Hall–Kier alpha value is -3.60. The number of methoxy groups -OCH3 is 2. The number of anilines is 1. The minimum atomic E-state index is -0.504. The topological polar surface area (TPSA) is 113 Å². The van der Waals surface area contributed by atoms with Gasteiger partial charge < -0.3 is 28.2 Å². The number of ether oxygens (including phenoxy) is 3. The summed E-state index contributed by atoms with van der Waals surface area (Å²) in [5.41, 5.74) is 3.08. The van der Waals surface area contributed by atoms with Crippen molar-refractivity contribution in [3.05, 3.63) is 63.3 Å². The summed E-state index contributed by atoms with van der Waals surface area (Å²) in [6, 6.07) is 11.0. The summed E-state index contributed by atoms with van der Waals surface area (Å²) in [4.78, 5) is 19.2. The highest BCUT2D eigenvalue weighted by Gasteiger charge is 2.44. The van der Waals surface area contributed by atoms with E-state index in [1.54, 1.807) is 18.2 Å².